The van der Waals surface area contributed by atoms with E-state index in [1.807, 2.05) is 6.92 Å². The standard InChI is InChI=1S/C8H20N2O6/c1-3-6-12-8(2,11)10-5-4-7-13-15-16-14-9/h10-11H,3-7,9H2,1-2H3. The van der Waals surface area contributed by atoms with E-state index in [2.05, 4.69) is 31.2 Å². The van der Waals surface area contributed by atoms with Gasteiger partial charge in [-0.1, -0.05) is 6.92 Å². The number of nitrogens with one attached hydrogen (secondary N) is 1. The van der Waals surface area contributed by atoms with Crippen LogP contribution in [0.2, 0.25) is 0 Å². The monoisotopic (exact) mass is 240 g/mol. The van der Waals surface area contributed by atoms with Crippen molar-refractivity contribution in [3.8, 4) is 0 Å². The molecule has 8 nitrogen and oxygen atoms in total. The Morgan fingerprint density at radius 3 is 2.69 bits per heavy atom. The molecule has 0 aliphatic rings. The summed E-state index contributed by atoms with van der Waals surface area (Å²) in [6, 6.07) is 0. The van der Waals surface area contributed by atoms with E-state index in [4.69, 9.17) is 4.74 Å². The van der Waals surface area contributed by atoms with Crippen molar-refractivity contribution in [1.29, 1.82) is 0 Å². The zero-order valence-corrected chi connectivity index (χ0v) is 9.60. The average molecular weight is 240 g/mol. The third-order valence-electron chi connectivity index (χ3n) is 1.56. The Morgan fingerprint density at radius 2 is 2.06 bits per heavy atom. The second-order valence-corrected chi connectivity index (χ2v) is 3.17. The Balaban J connectivity index is 3.29. The SMILES string of the molecule is CCCOC(C)(O)NCCCOOOON. The molecule has 0 aliphatic heterocycles. The maximum absolute atomic E-state index is 9.62. The largest absolute Gasteiger partial charge is 0.353 e. The van der Waals surface area contributed by atoms with Crippen molar-refractivity contribution in [1.82, 2.24) is 5.32 Å². The topological polar surface area (TPSA) is 104 Å². The molecule has 0 amide bonds. The van der Waals surface area contributed by atoms with Gasteiger partial charge in [-0.2, -0.15) is 5.90 Å². The van der Waals surface area contributed by atoms with Crippen LogP contribution >= 0.6 is 0 Å². The predicted molar refractivity (Wildman–Crippen MR) is 52.9 cm³/mol. The number of rotatable bonds is 11. The Hall–Kier alpha value is -0.320. The van der Waals surface area contributed by atoms with Crippen LogP contribution in [0.1, 0.15) is 26.7 Å². The van der Waals surface area contributed by atoms with Crippen molar-refractivity contribution in [2.75, 3.05) is 19.8 Å². The second kappa shape index (κ2) is 9.87. The van der Waals surface area contributed by atoms with Gasteiger partial charge in [0, 0.05) is 13.5 Å². The number of ether oxygens (including phenoxy) is 1. The van der Waals surface area contributed by atoms with Crippen molar-refractivity contribution in [2.45, 2.75) is 32.6 Å². The molecule has 0 aromatic rings. The van der Waals surface area contributed by atoms with Gasteiger partial charge < -0.3 is 9.84 Å². The smallest absolute Gasteiger partial charge is 0.221 e. The van der Waals surface area contributed by atoms with Gasteiger partial charge in [0.05, 0.1) is 13.2 Å². The van der Waals surface area contributed by atoms with E-state index in [0.29, 0.717) is 19.6 Å². The summed E-state index contributed by atoms with van der Waals surface area (Å²) in [6.45, 7) is 4.72. The maximum atomic E-state index is 9.62. The zero-order chi connectivity index (χ0) is 12.3. The minimum Gasteiger partial charge on any atom is -0.353 e. The highest BCUT2D eigenvalue weighted by molar-refractivity contribution is 4.56. The molecule has 0 bridgehead atoms. The fourth-order valence-corrected chi connectivity index (χ4v) is 0.873. The first-order valence-electron chi connectivity index (χ1n) is 5.05. The van der Waals surface area contributed by atoms with E-state index in [9.17, 15) is 5.11 Å². The molecule has 0 spiro atoms. The van der Waals surface area contributed by atoms with Crippen molar-refractivity contribution < 1.29 is 29.8 Å². The maximum Gasteiger partial charge on any atom is 0.221 e. The van der Waals surface area contributed by atoms with Gasteiger partial charge in [-0.15, -0.1) is 4.99 Å². The molecular formula is C8H20N2O6. The van der Waals surface area contributed by atoms with Gasteiger partial charge in [-0.05, 0) is 22.9 Å². The van der Waals surface area contributed by atoms with Gasteiger partial charge in [0.25, 0.3) is 0 Å². The number of nitrogens with two attached hydrogens (primary N) is 1. The molecule has 98 valence electrons. The Kier molecular flexibility index (Phi) is 9.68. The van der Waals surface area contributed by atoms with Gasteiger partial charge in [0.2, 0.25) is 5.91 Å². The van der Waals surface area contributed by atoms with Gasteiger partial charge in [-0.3, -0.25) is 5.32 Å². The average Bonchev–Trinajstić information content (AvgIpc) is 2.25. The first kappa shape index (κ1) is 15.7. The van der Waals surface area contributed by atoms with E-state index < -0.39 is 5.91 Å². The van der Waals surface area contributed by atoms with Crippen molar-refractivity contribution in [3.63, 3.8) is 0 Å². The van der Waals surface area contributed by atoms with Crippen molar-refractivity contribution in [3.05, 3.63) is 0 Å². The lowest BCUT2D eigenvalue weighted by Gasteiger charge is -2.24. The minimum atomic E-state index is -1.33. The predicted octanol–water partition coefficient (Wildman–Crippen LogP) is -0.256. The first-order chi connectivity index (χ1) is 7.62. The van der Waals surface area contributed by atoms with Crippen LogP contribution in [0.15, 0.2) is 0 Å². The van der Waals surface area contributed by atoms with Crippen LogP contribution in [0, 0.1) is 0 Å². The van der Waals surface area contributed by atoms with Crippen LogP contribution in [0.5, 0.6) is 0 Å². The molecule has 1 unspecified atom stereocenters. The molecule has 0 heterocycles. The van der Waals surface area contributed by atoms with Gasteiger partial charge in [-0.25, -0.2) is 4.89 Å². The lowest BCUT2D eigenvalue weighted by Crippen LogP contribution is -2.45. The van der Waals surface area contributed by atoms with Crippen molar-refractivity contribution in [2.24, 2.45) is 5.90 Å². The quantitative estimate of drug-likeness (QED) is 0.196. The van der Waals surface area contributed by atoms with Crippen LogP contribution in [-0.4, -0.2) is 30.8 Å². The molecule has 0 aromatic carbocycles. The van der Waals surface area contributed by atoms with Crippen LogP contribution in [0.3, 0.4) is 0 Å². The van der Waals surface area contributed by atoms with E-state index >= 15 is 0 Å². The third kappa shape index (κ3) is 10.2. The summed E-state index contributed by atoms with van der Waals surface area (Å²) < 4.78 is 5.13. The molecule has 0 rings (SSSR count). The molecule has 0 saturated heterocycles. The highest BCUT2D eigenvalue weighted by atomic mass is 17.7. The van der Waals surface area contributed by atoms with Gasteiger partial charge >= 0.3 is 0 Å². The first-order valence-corrected chi connectivity index (χ1v) is 5.05. The summed E-state index contributed by atoms with van der Waals surface area (Å²) in [5.41, 5.74) is 0. The van der Waals surface area contributed by atoms with Crippen LogP contribution in [0.4, 0.5) is 0 Å². The molecular weight excluding hydrogens is 220 g/mol. The summed E-state index contributed by atoms with van der Waals surface area (Å²) in [5, 5.41) is 20.2. The van der Waals surface area contributed by atoms with E-state index in [1.54, 1.807) is 0 Å². The van der Waals surface area contributed by atoms with Crippen LogP contribution in [0.25, 0.3) is 0 Å². The lowest BCUT2D eigenvalue weighted by molar-refractivity contribution is -0.636. The number of aliphatic hydroxyl groups is 1. The van der Waals surface area contributed by atoms with Crippen LogP contribution < -0.4 is 11.2 Å². The molecule has 4 N–H and O–H groups in total. The Bertz CT molecular complexity index is 157. The summed E-state index contributed by atoms with van der Waals surface area (Å²) in [7, 11) is 0. The molecule has 0 saturated carbocycles. The summed E-state index contributed by atoms with van der Waals surface area (Å²) in [5.74, 6) is 3.16. The van der Waals surface area contributed by atoms with Gasteiger partial charge in [0.1, 0.15) is 0 Å². The fourth-order valence-electron chi connectivity index (χ4n) is 0.873. The molecule has 0 fully saturated rings. The summed E-state index contributed by atoms with van der Waals surface area (Å²) >= 11 is 0. The summed E-state index contributed by atoms with van der Waals surface area (Å²) in [6.07, 6.45) is 1.42. The minimum absolute atomic E-state index is 0.250. The molecule has 0 aliphatic carbocycles. The highest BCUT2D eigenvalue weighted by Gasteiger charge is 2.18. The second-order valence-electron chi connectivity index (χ2n) is 3.17. The zero-order valence-electron chi connectivity index (χ0n) is 9.60. The van der Waals surface area contributed by atoms with E-state index in [0.717, 1.165) is 6.42 Å². The Labute approximate surface area is 94.3 Å². The molecule has 0 radical (unpaired) electrons. The molecule has 8 heteroatoms. The molecule has 16 heavy (non-hydrogen) atoms. The molecule has 0 aromatic heterocycles. The highest BCUT2D eigenvalue weighted by Crippen LogP contribution is 2.01. The van der Waals surface area contributed by atoms with Crippen LogP contribution in [-0.2, 0) is 24.7 Å². The Morgan fingerprint density at radius 1 is 1.31 bits per heavy atom. The third-order valence-corrected chi connectivity index (χ3v) is 1.56. The summed E-state index contributed by atoms with van der Waals surface area (Å²) in [4.78, 5) is 8.10. The normalized spacial score (nSPS) is 15.0. The van der Waals surface area contributed by atoms with Gasteiger partial charge in [0.15, 0.2) is 0 Å². The molecule has 1 atom stereocenters. The lowest BCUT2D eigenvalue weighted by atomic mass is 10.4. The fraction of sp³-hybridized carbons (Fsp3) is 1.00. The number of hydrogen-bond acceptors (Lipinski definition) is 8. The number of hydrogen-bond donors (Lipinski definition) is 3. The van der Waals surface area contributed by atoms with E-state index in [-0.39, 0.29) is 6.61 Å². The van der Waals surface area contributed by atoms with Crippen molar-refractivity contribution >= 4 is 0 Å². The van der Waals surface area contributed by atoms with E-state index in [1.165, 1.54) is 6.92 Å².